The number of benzene rings is 1. The number of amides is 1. The number of fused-ring (bicyclic) bond motifs is 1. The summed E-state index contributed by atoms with van der Waals surface area (Å²) in [6.07, 6.45) is 6.39. The van der Waals surface area contributed by atoms with Crippen LogP contribution in [0.2, 0.25) is 0 Å². The molecule has 1 saturated heterocycles. The van der Waals surface area contributed by atoms with Gasteiger partial charge in [-0.15, -0.1) is 0 Å². The van der Waals surface area contributed by atoms with E-state index < -0.39 is 0 Å². The molecule has 1 saturated carbocycles. The molecule has 0 spiro atoms. The van der Waals surface area contributed by atoms with Gasteiger partial charge in [-0.1, -0.05) is 30.6 Å². The first kappa shape index (κ1) is 22.3. The van der Waals surface area contributed by atoms with Gasteiger partial charge in [-0.25, -0.2) is 4.98 Å². The van der Waals surface area contributed by atoms with Crippen LogP contribution in [0.4, 0.5) is 5.13 Å². The molecule has 2 fully saturated rings. The van der Waals surface area contributed by atoms with Crippen LogP contribution in [0.3, 0.4) is 0 Å². The van der Waals surface area contributed by atoms with Gasteiger partial charge in [0.1, 0.15) is 21.7 Å². The zero-order valence-electron chi connectivity index (χ0n) is 18.6. The Bertz CT molecular complexity index is 834. The smallest absolute Gasteiger partial charge is 0.231 e. The lowest BCUT2D eigenvalue weighted by molar-refractivity contribution is -0.123. The molecule has 0 bridgehead atoms. The topological polar surface area (TPSA) is 64.1 Å². The monoisotopic (exact) mass is 447 g/mol. The number of anilines is 1. The van der Waals surface area contributed by atoms with Crippen molar-refractivity contribution in [1.82, 2.24) is 9.88 Å². The molecule has 31 heavy (non-hydrogen) atoms. The Morgan fingerprint density at radius 1 is 1.16 bits per heavy atom. The molecule has 4 rings (SSSR count). The Morgan fingerprint density at radius 3 is 2.58 bits per heavy atom. The van der Waals surface area contributed by atoms with Crippen molar-refractivity contribution < 1.29 is 19.0 Å². The minimum atomic E-state index is 0.105. The highest BCUT2D eigenvalue weighted by Crippen LogP contribution is 2.41. The van der Waals surface area contributed by atoms with Gasteiger partial charge >= 0.3 is 0 Å². The summed E-state index contributed by atoms with van der Waals surface area (Å²) < 4.78 is 17.4. The van der Waals surface area contributed by atoms with Gasteiger partial charge in [0.05, 0.1) is 27.4 Å². The Labute approximate surface area is 188 Å². The molecule has 1 aliphatic carbocycles. The molecule has 1 aromatic carbocycles. The second-order valence-electron chi connectivity index (χ2n) is 8.28. The predicted molar refractivity (Wildman–Crippen MR) is 124 cm³/mol. The quantitative estimate of drug-likeness (QED) is 0.611. The number of hydrogen-bond donors (Lipinski definition) is 0. The molecule has 170 valence electrons. The van der Waals surface area contributed by atoms with E-state index >= 15 is 0 Å². The number of nitrogens with zero attached hydrogens (tertiary/aromatic N) is 3. The normalized spacial score (nSPS) is 18.3. The van der Waals surface area contributed by atoms with Crippen molar-refractivity contribution in [3.05, 3.63) is 12.1 Å². The molecule has 1 aromatic heterocycles. The molecule has 2 aliphatic rings. The lowest BCUT2D eigenvalue weighted by Gasteiger charge is -2.30. The van der Waals surface area contributed by atoms with Crippen LogP contribution in [0, 0.1) is 5.92 Å². The molecule has 2 aromatic rings. The van der Waals surface area contributed by atoms with Gasteiger partial charge in [0, 0.05) is 32.1 Å². The summed E-state index contributed by atoms with van der Waals surface area (Å²) in [5.41, 5.74) is 0.761. The number of thiazole rings is 1. The van der Waals surface area contributed by atoms with Crippen LogP contribution in [0.1, 0.15) is 38.5 Å². The lowest BCUT2D eigenvalue weighted by atomic mass is 9.88. The lowest BCUT2D eigenvalue weighted by Crippen LogP contribution is -2.41. The highest BCUT2D eigenvalue weighted by molar-refractivity contribution is 7.22. The third-order valence-corrected chi connectivity index (χ3v) is 7.40. The first-order chi connectivity index (χ1) is 15.2. The first-order valence-electron chi connectivity index (χ1n) is 11.3. The molecule has 0 N–H and O–H groups in total. The molecule has 2 heterocycles. The second-order valence-corrected chi connectivity index (χ2v) is 9.25. The van der Waals surface area contributed by atoms with E-state index in [0.717, 1.165) is 86.0 Å². The van der Waals surface area contributed by atoms with Crippen LogP contribution < -0.4 is 14.4 Å². The molecule has 8 heteroatoms. The highest BCUT2D eigenvalue weighted by atomic mass is 32.1. The number of hydrogen-bond acceptors (Lipinski definition) is 7. The minimum Gasteiger partial charge on any atom is -0.495 e. The number of morpholine rings is 1. The zero-order valence-corrected chi connectivity index (χ0v) is 19.4. The number of ether oxygens (including phenoxy) is 3. The van der Waals surface area contributed by atoms with Crippen molar-refractivity contribution in [1.29, 1.82) is 0 Å². The minimum absolute atomic E-state index is 0.105. The predicted octanol–water partition coefficient (Wildman–Crippen LogP) is 3.95. The second kappa shape index (κ2) is 10.6. The molecule has 0 radical (unpaired) electrons. The standard InChI is InChI=1S/C23H33N3O4S/c1-28-18-9-10-19(29-2)21-20(18)24-23(31-21)26(22(27)17-7-4-3-5-8-17)12-6-11-25-13-15-30-16-14-25/h9-10,17H,3-8,11-16H2,1-2H3. The van der Waals surface area contributed by atoms with Gasteiger partial charge in [-0.3, -0.25) is 14.6 Å². The fourth-order valence-electron chi connectivity index (χ4n) is 4.54. The van der Waals surface area contributed by atoms with E-state index in [1.54, 1.807) is 14.2 Å². The summed E-state index contributed by atoms with van der Waals surface area (Å²) >= 11 is 1.52. The maximum absolute atomic E-state index is 13.6. The summed E-state index contributed by atoms with van der Waals surface area (Å²) in [5.74, 6) is 1.79. The molecule has 1 aliphatic heterocycles. The van der Waals surface area contributed by atoms with Crippen LogP contribution in [-0.4, -0.2) is 69.4 Å². The zero-order chi connectivity index (χ0) is 21.6. The third-order valence-electron chi connectivity index (χ3n) is 6.31. The molecule has 1 amide bonds. The molecular formula is C23H33N3O4S. The summed E-state index contributed by atoms with van der Waals surface area (Å²) in [5, 5.41) is 0.746. The number of aromatic nitrogens is 1. The molecule has 7 nitrogen and oxygen atoms in total. The average Bonchev–Trinajstić information content (AvgIpc) is 3.27. The molecular weight excluding hydrogens is 414 g/mol. The largest absolute Gasteiger partial charge is 0.495 e. The maximum Gasteiger partial charge on any atom is 0.231 e. The molecule has 0 atom stereocenters. The van der Waals surface area contributed by atoms with E-state index in [1.807, 2.05) is 17.0 Å². The van der Waals surface area contributed by atoms with Crippen molar-refractivity contribution in [2.75, 3.05) is 58.5 Å². The SMILES string of the molecule is COc1ccc(OC)c2sc(N(CCCN3CCOCC3)C(=O)C3CCCCC3)nc12. The Kier molecular flexibility index (Phi) is 7.63. The van der Waals surface area contributed by atoms with Crippen molar-refractivity contribution in [3.63, 3.8) is 0 Å². The fraction of sp³-hybridized carbons (Fsp3) is 0.652. The summed E-state index contributed by atoms with van der Waals surface area (Å²) in [6, 6.07) is 3.77. The van der Waals surface area contributed by atoms with Gasteiger partial charge in [0.2, 0.25) is 5.91 Å². The van der Waals surface area contributed by atoms with E-state index in [4.69, 9.17) is 19.2 Å². The van der Waals surface area contributed by atoms with E-state index in [9.17, 15) is 4.79 Å². The van der Waals surface area contributed by atoms with Crippen molar-refractivity contribution >= 4 is 32.6 Å². The Morgan fingerprint density at radius 2 is 1.87 bits per heavy atom. The third kappa shape index (κ3) is 5.13. The van der Waals surface area contributed by atoms with Gasteiger partial charge < -0.3 is 14.2 Å². The van der Waals surface area contributed by atoms with Crippen molar-refractivity contribution in [3.8, 4) is 11.5 Å². The van der Waals surface area contributed by atoms with Crippen molar-refractivity contribution in [2.24, 2.45) is 5.92 Å². The average molecular weight is 448 g/mol. The summed E-state index contributed by atoms with van der Waals surface area (Å²) in [4.78, 5) is 22.8. The Balaban J connectivity index is 1.58. The number of methoxy groups -OCH3 is 2. The summed E-state index contributed by atoms with van der Waals surface area (Å²) in [7, 11) is 3.31. The first-order valence-corrected chi connectivity index (χ1v) is 12.2. The number of carbonyl (C=O) groups is 1. The summed E-state index contributed by atoms with van der Waals surface area (Å²) in [6.45, 7) is 5.16. The van der Waals surface area contributed by atoms with Gasteiger partial charge in [-0.05, 0) is 31.4 Å². The number of carbonyl (C=O) groups excluding carboxylic acids is 1. The van der Waals surface area contributed by atoms with E-state index in [0.29, 0.717) is 12.3 Å². The van der Waals surface area contributed by atoms with Crippen molar-refractivity contribution in [2.45, 2.75) is 38.5 Å². The van der Waals surface area contributed by atoms with Crippen LogP contribution in [0.15, 0.2) is 12.1 Å². The van der Waals surface area contributed by atoms with Crippen LogP contribution >= 0.6 is 11.3 Å². The van der Waals surface area contributed by atoms with Crippen LogP contribution in [-0.2, 0) is 9.53 Å². The van der Waals surface area contributed by atoms with Gasteiger partial charge in [-0.2, -0.15) is 0 Å². The van der Waals surface area contributed by atoms with E-state index in [-0.39, 0.29) is 11.8 Å². The van der Waals surface area contributed by atoms with Crippen LogP contribution in [0.5, 0.6) is 11.5 Å². The van der Waals surface area contributed by atoms with Crippen LogP contribution in [0.25, 0.3) is 10.2 Å². The van der Waals surface area contributed by atoms with E-state index in [1.165, 1.54) is 17.8 Å². The fourth-order valence-corrected chi connectivity index (χ4v) is 5.64. The molecule has 0 unspecified atom stereocenters. The Hall–Kier alpha value is -1.90. The van der Waals surface area contributed by atoms with E-state index in [2.05, 4.69) is 4.90 Å². The maximum atomic E-state index is 13.6. The van der Waals surface area contributed by atoms with Gasteiger partial charge in [0.25, 0.3) is 0 Å². The number of rotatable bonds is 8. The highest BCUT2D eigenvalue weighted by Gasteiger charge is 2.29. The van der Waals surface area contributed by atoms with Gasteiger partial charge in [0.15, 0.2) is 5.13 Å².